The van der Waals surface area contributed by atoms with E-state index in [1.54, 1.807) is 0 Å². The summed E-state index contributed by atoms with van der Waals surface area (Å²) < 4.78 is 0. The van der Waals surface area contributed by atoms with Crippen LogP contribution in [0.4, 0.5) is 0 Å². The molecule has 12 heavy (non-hydrogen) atoms. The number of Topliss-reactive ketones (excluding diaryl/α,β-unsaturated/α-hetero) is 1. The van der Waals surface area contributed by atoms with Crippen LogP contribution in [-0.4, -0.2) is 17.9 Å². The summed E-state index contributed by atoms with van der Waals surface area (Å²) in [6, 6.07) is 0. The largest absolute Gasteiger partial charge is 0.305 e. The summed E-state index contributed by atoms with van der Waals surface area (Å²) >= 11 is 0. The van der Waals surface area contributed by atoms with Crippen LogP contribution in [0.3, 0.4) is 0 Å². The molecule has 0 radical (unpaired) electrons. The average Bonchev–Trinajstić information content (AvgIpc) is 2.34. The minimum absolute atomic E-state index is 0.216. The van der Waals surface area contributed by atoms with Gasteiger partial charge in [0.25, 0.3) is 0 Å². The predicted molar refractivity (Wildman–Crippen MR) is 50.1 cm³/mol. The number of carbonyl (C=O) groups excluding carboxylic acids is 1. The van der Waals surface area contributed by atoms with E-state index in [9.17, 15) is 4.79 Å². The van der Waals surface area contributed by atoms with Crippen molar-refractivity contribution in [3.05, 3.63) is 0 Å². The van der Waals surface area contributed by atoms with Crippen molar-refractivity contribution in [2.75, 3.05) is 6.54 Å². The standard InChI is InChI=1S/C10H19NO/c1-9(2,3)8(12)10(4)6-5-7-11-10/h11H,5-7H2,1-4H3. The molecule has 1 fully saturated rings. The lowest BCUT2D eigenvalue weighted by Crippen LogP contribution is -2.49. The molecule has 0 spiro atoms. The smallest absolute Gasteiger partial charge is 0.157 e. The first kappa shape index (κ1) is 9.72. The quantitative estimate of drug-likeness (QED) is 0.648. The molecule has 1 unspecified atom stereocenters. The Balaban J connectivity index is 2.75. The highest BCUT2D eigenvalue weighted by atomic mass is 16.1. The van der Waals surface area contributed by atoms with Crippen molar-refractivity contribution >= 4 is 5.78 Å². The molecule has 1 N–H and O–H groups in total. The van der Waals surface area contributed by atoms with Crippen molar-refractivity contribution in [1.82, 2.24) is 5.32 Å². The minimum atomic E-state index is -0.252. The van der Waals surface area contributed by atoms with Gasteiger partial charge in [-0.1, -0.05) is 20.8 Å². The van der Waals surface area contributed by atoms with Crippen LogP contribution in [0.25, 0.3) is 0 Å². The maximum Gasteiger partial charge on any atom is 0.157 e. The topological polar surface area (TPSA) is 29.1 Å². The van der Waals surface area contributed by atoms with Crippen LogP contribution >= 0.6 is 0 Å². The fraction of sp³-hybridized carbons (Fsp3) is 0.900. The highest BCUT2D eigenvalue weighted by Crippen LogP contribution is 2.28. The van der Waals surface area contributed by atoms with Gasteiger partial charge in [0.1, 0.15) is 0 Å². The summed E-state index contributed by atoms with van der Waals surface area (Å²) in [5.41, 5.74) is -0.468. The van der Waals surface area contributed by atoms with Gasteiger partial charge in [0.15, 0.2) is 5.78 Å². The molecule has 70 valence electrons. The van der Waals surface area contributed by atoms with Crippen LogP contribution in [-0.2, 0) is 4.79 Å². The number of carbonyl (C=O) groups is 1. The van der Waals surface area contributed by atoms with Crippen molar-refractivity contribution in [2.45, 2.75) is 46.1 Å². The molecule has 0 aliphatic carbocycles. The predicted octanol–water partition coefficient (Wildman–Crippen LogP) is 1.74. The molecule has 0 amide bonds. The molecule has 2 nitrogen and oxygen atoms in total. The second-order valence-corrected chi connectivity index (χ2v) is 4.94. The van der Waals surface area contributed by atoms with Crippen molar-refractivity contribution < 1.29 is 4.79 Å². The van der Waals surface area contributed by atoms with Crippen molar-refractivity contribution in [2.24, 2.45) is 5.41 Å². The van der Waals surface area contributed by atoms with Crippen molar-refractivity contribution in [3.8, 4) is 0 Å². The van der Waals surface area contributed by atoms with Crippen LogP contribution in [0.15, 0.2) is 0 Å². The van der Waals surface area contributed by atoms with E-state index in [1.165, 1.54) is 0 Å². The molecular weight excluding hydrogens is 150 g/mol. The van der Waals surface area contributed by atoms with E-state index in [0.29, 0.717) is 5.78 Å². The Morgan fingerprint density at radius 1 is 1.42 bits per heavy atom. The summed E-state index contributed by atoms with van der Waals surface area (Å²) in [7, 11) is 0. The van der Waals surface area contributed by atoms with E-state index in [0.717, 1.165) is 19.4 Å². The van der Waals surface area contributed by atoms with Crippen LogP contribution in [0.1, 0.15) is 40.5 Å². The van der Waals surface area contributed by atoms with Gasteiger partial charge in [-0.15, -0.1) is 0 Å². The third-order valence-corrected chi connectivity index (χ3v) is 2.55. The summed E-state index contributed by atoms with van der Waals surface area (Å²) in [4.78, 5) is 11.9. The Morgan fingerprint density at radius 2 is 2.00 bits per heavy atom. The molecule has 2 heteroatoms. The number of ketones is 1. The van der Waals surface area contributed by atoms with Crippen LogP contribution in [0.5, 0.6) is 0 Å². The molecule has 1 aliphatic heterocycles. The highest BCUT2D eigenvalue weighted by molar-refractivity contribution is 5.92. The van der Waals surface area contributed by atoms with Crippen LogP contribution in [0.2, 0.25) is 0 Å². The van der Waals surface area contributed by atoms with Gasteiger partial charge in [-0.25, -0.2) is 0 Å². The molecule has 0 aromatic heterocycles. The number of rotatable bonds is 1. The van der Waals surface area contributed by atoms with E-state index in [2.05, 4.69) is 5.32 Å². The minimum Gasteiger partial charge on any atom is -0.305 e. The lowest BCUT2D eigenvalue weighted by molar-refractivity contribution is -0.131. The molecule has 1 saturated heterocycles. The lowest BCUT2D eigenvalue weighted by Gasteiger charge is -2.30. The van der Waals surface area contributed by atoms with Gasteiger partial charge < -0.3 is 5.32 Å². The van der Waals surface area contributed by atoms with Gasteiger partial charge in [-0.3, -0.25) is 4.79 Å². The fourth-order valence-electron chi connectivity index (χ4n) is 1.92. The first-order chi connectivity index (χ1) is 5.36. The molecule has 1 aliphatic rings. The monoisotopic (exact) mass is 169 g/mol. The summed E-state index contributed by atoms with van der Waals surface area (Å²) in [5.74, 6) is 0.340. The van der Waals surface area contributed by atoms with Crippen LogP contribution < -0.4 is 5.32 Å². The second-order valence-electron chi connectivity index (χ2n) is 4.94. The number of hydrogen-bond acceptors (Lipinski definition) is 2. The third-order valence-electron chi connectivity index (χ3n) is 2.55. The maximum absolute atomic E-state index is 11.9. The summed E-state index contributed by atoms with van der Waals surface area (Å²) in [5, 5.41) is 3.29. The molecule has 1 rings (SSSR count). The summed E-state index contributed by atoms with van der Waals surface area (Å²) in [6.45, 7) is 8.97. The molecule has 0 bridgehead atoms. The van der Waals surface area contributed by atoms with Crippen molar-refractivity contribution in [3.63, 3.8) is 0 Å². The Labute approximate surface area is 74.7 Å². The normalized spacial score (nSPS) is 30.7. The molecular formula is C10H19NO. The van der Waals surface area contributed by atoms with Gasteiger partial charge in [-0.2, -0.15) is 0 Å². The van der Waals surface area contributed by atoms with Crippen molar-refractivity contribution in [1.29, 1.82) is 0 Å². The SMILES string of the molecule is CC(C)(C)C(=O)C1(C)CCCN1. The Kier molecular flexibility index (Phi) is 2.30. The number of nitrogens with one attached hydrogen (secondary N) is 1. The second kappa shape index (κ2) is 2.84. The van der Waals surface area contributed by atoms with Crippen LogP contribution in [0, 0.1) is 5.41 Å². The molecule has 0 aromatic carbocycles. The van der Waals surface area contributed by atoms with Gasteiger partial charge >= 0.3 is 0 Å². The van der Waals surface area contributed by atoms with Gasteiger partial charge in [-0.05, 0) is 26.3 Å². The van der Waals surface area contributed by atoms with E-state index >= 15 is 0 Å². The number of hydrogen-bond donors (Lipinski definition) is 1. The van der Waals surface area contributed by atoms with Gasteiger partial charge in [0.05, 0.1) is 5.54 Å². The molecule has 1 atom stereocenters. The van der Waals surface area contributed by atoms with E-state index in [1.807, 2.05) is 27.7 Å². The molecule has 0 aromatic rings. The fourth-order valence-corrected chi connectivity index (χ4v) is 1.92. The zero-order valence-corrected chi connectivity index (χ0v) is 8.53. The Bertz CT molecular complexity index is 185. The first-order valence-corrected chi connectivity index (χ1v) is 4.66. The lowest BCUT2D eigenvalue weighted by atomic mass is 9.78. The van der Waals surface area contributed by atoms with E-state index in [-0.39, 0.29) is 11.0 Å². The highest BCUT2D eigenvalue weighted by Gasteiger charge is 2.41. The zero-order chi connectivity index (χ0) is 9.41. The molecule has 1 heterocycles. The first-order valence-electron chi connectivity index (χ1n) is 4.66. The zero-order valence-electron chi connectivity index (χ0n) is 8.53. The molecule has 0 saturated carbocycles. The Hall–Kier alpha value is -0.370. The van der Waals surface area contributed by atoms with Gasteiger partial charge in [0.2, 0.25) is 0 Å². The average molecular weight is 169 g/mol. The summed E-state index contributed by atoms with van der Waals surface area (Å²) in [6.07, 6.45) is 2.11. The van der Waals surface area contributed by atoms with E-state index < -0.39 is 0 Å². The Morgan fingerprint density at radius 3 is 2.33 bits per heavy atom. The third kappa shape index (κ3) is 1.69. The maximum atomic E-state index is 11.9. The van der Waals surface area contributed by atoms with Gasteiger partial charge in [0, 0.05) is 5.41 Å². The van der Waals surface area contributed by atoms with E-state index in [4.69, 9.17) is 0 Å².